The first-order valence-electron chi connectivity index (χ1n) is 9.73. The van der Waals surface area contributed by atoms with Crippen LogP contribution in [0.2, 0.25) is 0 Å². The molecule has 0 heterocycles. The monoisotopic (exact) mass is 342 g/mol. The first kappa shape index (κ1) is 16.9. The van der Waals surface area contributed by atoms with E-state index in [-0.39, 0.29) is 17.5 Å². The number of hydrogen-bond donors (Lipinski definition) is 2. The van der Waals surface area contributed by atoms with Gasteiger partial charge in [-0.2, -0.15) is 0 Å². The third-order valence-corrected chi connectivity index (χ3v) is 6.61. The maximum absolute atomic E-state index is 12.6. The van der Waals surface area contributed by atoms with Gasteiger partial charge < -0.3 is 15.4 Å². The molecule has 1 amide bonds. The Balaban J connectivity index is 1.32. The molecule has 0 spiro atoms. The molecule has 5 rings (SSSR count). The van der Waals surface area contributed by atoms with Crippen LogP contribution in [0.25, 0.3) is 0 Å². The van der Waals surface area contributed by atoms with Crippen molar-refractivity contribution in [3.63, 3.8) is 0 Å². The minimum atomic E-state index is 0.104. The molecule has 25 heavy (non-hydrogen) atoms. The standard InChI is InChI=1S/C21H30N2O2/c1-14(18-4-3-5-19(9-18)25-2)22-13-20(24)23-21-10-15-6-16(11-21)8-17(7-15)12-21/h3-5,9,14-17,22H,6-8,10-13H2,1-2H3,(H,23,24). The third kappa shape index (κ3) is 3.55. The molecule has 1 aromatic carbocycles. The SMILES string of the molecule is COc1cccc(C(C)NCC(=O)NC23CC4CC(CC(C4)C2)C3)c1. The Morgan fingerprint density at radius 2 is 1.84 bits per heavy atom. The molecule has 0 radical (unpaired) electrons. The van der Waals surface area contributed by atoms with E-state index < -0.39 is 0 Å². The number of benzene rings is 1. The van der Waals surface area contributed by atoms with Gasteiger partial charge in [0.2, 0.25) is 5.91 Å². The highest BCUT2D eigenvalue weighted by atomic mass is 16.5. The molecule has 4 nitrogen and oxygen atoms in total. The van der Waals surface area contributed by atoms with Gasteiger partial charge in [0.15, 0.2) is 0 Å². The average molecular weight is 342 g/mol. The topological polar surface area (TPSA) is 50.4 Å². The van der Waals surface area contributed by atoms with Crippen molar-refractivity contribution in [1.82, 2.24) is 10.6 Å². The Hall–Kier alpha value is -1.55. The molecule has 136 valence electrons. The first-order chi connectivity index (χ1) is 12.0. The predicted molar refractivity (Wildman–Crippen MR) is 98.5 cm³/mol. The van der Waals surface area contributed by atoms with Gasteiger partial charge in [0.05, 0.1) is 13.7 Å². The van der Waals surface area contributed by atoms with Crippen molar-refractivity contribution < 1.29 is 9.53 Å². The zero-order chi connectivity index (χ0) is 17.4. The van der Waals surface area contributed by atoms with E-state index in [1.165, 1.54) is 38.5 Å². The van der Waals surface area contributed by atoms with Crippen LogP contribution in [0.4, 0.5) is 0 Å². The molecule has 1 atom stereocenters. The van der Waals surface area contributed by atoms with Crippen molar-refractivity contribution >= 4 is 5.91 Å². The summed E-state index contributed by atoms with van der Waals surface area (Å²) in [6.45, 7) is 2.47. The molecule has 0 saturated heterocycles. The summed E-state index contributed by atoms with van der Waals surface area (Å²) in [6, 6.07) is 8.14. The third-order valence-electron chi connectivity index (χ3n) is 6.61. The second-order valence-corrected chi connectivity index (χ2v) is 8.63. The van der Waals surface area contributed by atoms with E-state index in [4.69, 9.17) is 4.74 Å². The fourth-order valence-corrected chi connectivity index (χ4v) is 5.88. The van der Waals surface area contributed by atoms with Crippen LogP contribution in [-0.2, 0) is 4.79 Å². The highest BCUT2D eigenvalue weighted by Gasteiger charge is 2.51. The highest BCUT2D eigenvalue weighted by Crippen LogP contribution is 2.55. The lowest BCUT2D eigenvalue weighted by molar-refractivity contribution is -0.126. The summed E-state index contributed by atoms with van der Waals surface area (Å²) < 4.78 is 5.28. The Labute approximate surface area is 150 Å². The largest absolute Gasteiger partial charge is 0.497 e. The highest BCUT2D eigenvalue weighted by molar-refractivity contribution is 5.79. The molecule has 4 saturated carbocycles. The van der Waals surface area contributed by atoms with Crippen molar-refractivity contribution in [2.24, 2.45) is 17.8 Å². The van der Waals surface area contributed by atoms with E-state index in [0.29, 0.717) is 6.54 Å². The predicted octanol–water partition coefficient (Wildman–Crippen LogP) is 3.43. The van der Waals surface area contributed by atoms with Crippen LogP contribution in [0, 0.1) is 17.8 Å². The summed E-state index contributed by atoms with van der Waals surface area (Å²) in [5.41, 5.74) is 1.24. The number of rotatable bonds is 6. The molecule has 1 aromatic rings. The molecule has 4 heteroatoms. The van der Waals surface area contributed by atoms with E-state index in [1.54, 1.807) is 7.11 Å². The molecule has 0 aromatic heterocycles. The second kappa shape index (κ2) is 6.64. The van der Waals surface area contributed by atoms with Crippen LogP contribution in [0.3, 0.4) is 0 Å². The molecule has 2 N–H and O–H groups in total. The van der Waals surface area contributed by atoms with Gasteiger partial charge in [-0.15, -0.1) is 0 Å². The summed E-state index contributed by atoms with van der Waals surface area (Å²) in [7, 11) is 1.68. The Bertz CT molecular complexity index is 607. The van der Waals surface area contributed by atoms with E-state index in [9.17, 15) is 4.79 Å². The van der Waals surface area contributed by atoms with Crippen LogP contribution in [0.5, 0.6) is 5.75 Å². The summed E-state index contributed by atoms with van der Waals surface area (Å²) in [6.07, 6.45) is 7.82. The first-order valence-corrected chi connectivity index (χ1v) is 9.73. The average Bonchev–Trinajstić information content (AvgIpc) is 2.58. The van der Waals surface area contributed by atoms with Gasteiger partial charge in [-0.3, -0.25) is 4.79 Å². The minimum absolute atomic E-state index is 0.104. The van der Waals surface area contributed by atoms with Gasteiger partial charge in [-0.05, 0) is 80.9 Å². The summed E-state index contributed by atoms with van der Waals surface area (Å²) in [5, 5.41) is 6.79. The number of ether oxygens (including phenoxy) is 1. The smallest absolute Gasteiger partial charge is 0.234 e. The van der Waals surface area contributed by atoms with E-state index in [1.807, 2.05) is 18.2 Å². The maximum Gasteiger partial charge on any atom is 0.234 e. The molecular weight excluding hydrogens is 312 g/mol. The summed E-state index contributed by atoms with van der Waals surface area (Å²) >= 11 is 0. The molecule has 0 aliphatic heterocycles. The maximum atomic E-state index is 12.6. The van der Waals surface area contributed by atoms with Crippen LogP contribution in [-0.4, -0.2) is 25.1 Å². The lowest BCUT2D eigenvalue weighted by Crippen LogP contribution is -2.60. The number of amides is 1. The molecule has 1 unspecified atom stereocenters. The van der Waals surface area contributed by atoms with Gasteiger partial charge in [-0.25, -0.2) is 0 Å². The van der Waals surface area contributed by atoms with E-state index >= 15 is 0 Å². The number of carbonyl (C=O) groups excluding carboxylic acids is 1. The number of nitrogens with one attached hydrogen (secondary N) is 2. The van der Waals surface area contributed by atoms with Crippen molar-refractivity contribution in [3.05, 3.63) is 29.8 Å². The lowest BCUT2D eigenvalue weighted by Gasteiger charge is -2.56. The fourth-order valence-electron chi connectivity index (χ4n) is 5.88. The zero-order valence-electron chi connectivity index (χ0n) is 15.4. The number of carbonyl (C=O) groups is 1. The Kier molecular flexibility index (Phi) is 4.48. The fraction of sp³-hybridized carbons (Fsp3) is 0.667. The minimum Gasteiger partial charge on any atom is -0.497 e. The molecule has 4 bridgehead atoms. The quantitative estimate of drug-likeness (QED) is 0.833. The molecular formula is C21H30N2O2. The van der Waals surface area contributed by atoms with E-state index in [2.05, 4.69) is 23.6 Å². The molecule has 4 aliphatic rings. The van der Waals surface area contributed by atoms with E-state index in [0.717, 1.165) is 29.1 Å². The van der Waals surface area contributed by atoms with Gasteiger partial charge in [0.1, 0.15) is 5.75 Å². The lowest BCUT2D eigenvalue weighted by atomic mass is 9.53. The van der Waals surface area contributed by atoms with Crippen molar-refractivity contribution in [1.29, 1.82) is 0 Å². The Morgan fingerprint density at radius 3 is 2.44 bits per heavy atom. The van der Waals surface area contributed by atoms with Crippen molar-refractivity contribution in [2.75, 3.05) is 13.7 Å². The van der Waals surface area contributed by atoms with Crippen molar-refractivity contribution in [2.45, 2.75) is 57.0 Å². The van der Waals surface area contributed by atoms with Crippen LogP contribution >= 0.6 is 0 Å². The van der Waals surface area contributed by atoms with Crippen LogP contribution in [0.15, 0.2) is 24.3 Å². The Morgan fingerprint density at radius 1 is 1.20 bits per heavy atom. The second-order valence-electron chi connectivity index (χ2n) is 8.63. The van der Waals surface area contributed by atoms with Crippen LogP contribution < -0.4 is 15.4 Å². The van der Waals surface area contributed by atoms with Gasteiger partial charge in [-0.1, -0.05) is 12.1 Å². The van der Waals surface area contributed by atoms with Gasteiger partial charge in [0.25, 0.3) is 0 Å². The van der Waals surface area contributed by atoms with Gasteiger partial charge in [0, 0.05) is 11.6 Å². The number of methoxy groups -OCH3 is 1. The number of hydrogen-bond acceptors (Lipinski definition) is 3. The molecule has 4 aliphatic carbocycles. The zero-order valence-corrected chi connectivity index (χ0v) is 15.4. The van der Waals surface area contributed by atoms with Crippen LogP contribution in [0.1, 0.15) is 57.1 Å². The molecule has 4 fully saturated rings. The normalized spacial score (nSPS) is 33.9. The van der Waals surface area contributed by atoms with Crippen molar-refractivity contribution in [3.8, 4) is 5.75 Å². The summed E-state index contributed by atoms with van der Waals surface area (Å²) in [5.74, 6) is 3.57. The summed E-state index contributed by atoms with van der Waals surface area (Å²) in [4.78, 5) is 12.6. The van der Waals surface area contributed by atoms with Gasteiger partial charge >= 0.3 is 0 Å².